The van der Waals surface area contributed by atoms with E-state index in [0.717, 1.165) is 70.2 Å². The molecule has 3 heterocycles. The lowest BCUT2D eigenvalue weighted by atomic mass is 9.62. The summed E-state index contributed by atoms with van der Waals surface area (Å²) in [5.41, 5.74) is 14.3. The summed E-state index contributed by atoms with van der Waals surface area (Å²) >= 11 is 0. The van der Waals surface area contributed by atoms with Crippen molar-refractivity contribution in [3.63, 3.8) is 0 Å². The molecule has 3 aliphatic carbocycles. The van der Waals surface area contributed by atoms with Gasteiger partial charge in [-0.2, -0.15) is 9.61 Å². The molecule has 2 fully saturated rings. The summed E-state index contributed by atoms with van der Waals surface area (Å²) in [5.74, 6) is 1.59. The van der Waals surface area contributed by atoms with Crippen LogP contribution >= 0.6 is 0 Å². The number of hydrogen-bond acceptors (Lipinski definition) is 4. The van der Waals surface area contributed by atoms with Gasteiger partial charge in [-0.15, -0.1) is 0 Å². The molecule has 0 aliphatic heterocycles. The number of benzene rings is 2. The van der Waals surface area contributed by atoms with Crippen LogP contribution in [0.4, 0.5) is 4.39 Å². The summed E-state index contributed by atoms with van der Waals surface area (Å²) < 4.78 is 15.3. The van der Waals surface area contributed by atoms with Crippen LogP contribution in [-0.4, -0.2) is 25.1 Å². The van der Waals surface area contributed by atoms with Crippen molar-refractivity contribution in [1.29, 1.82) is 0 Å². The standard InChI is InChI=1S/C34H30FN5/c35-28-14-10-23(11-15-28)30-17-31-37-20-25-16-29(22-4-2-1-3-5-22)32(38-33(25)40(31)39-30)24-8-12-27(13-9-24)34(36)18-26(19-34)21-6-7-21/h1-5,8,10-17,20-21,24,26H,6-7,9,18-19,36H2. The van der Waals surface area contributed by atoms with Crippen molar-refractivity contribution in [2.75, 3.05) is 0 Å². The zero-order chi connectivity index (χ0) is 26.8. The molecular weight excluding hydrogens is 497 g/mol. The second-order valence-corrected chi connectivity index (χ2v) is 11.8. The number of halogens is 1. The van der Waals surface area contributed by atoms with E-state index in [1.165, 1.54) is 30.5 Å². The average Bonchev–Trinajstić information content (AvgIpc) is 3.73. The predicted octanol–water partition coefficient (Wildman–Crippen LogP) is 7.24. The molecule has 3 aromatic heterocycles. The van der Waals surface area contributed by atoms with Gasteiger partial charge in [0.1, 0.15) is 5.82 Å². The van der Waals surface area contributed by atoms with Gasteiger partial charge in [0.2, 0.25) is 0 Å². The van der Waals surface area contributed by atoms with Crippen molar-refractivity contribution < 1.29 is 4.39 Å². The highest BCUT2D eigenvalue weighted by Crippen LogP contribution is 2.53. The van der Waals surface area contributed by atoms with Gasteiger partial charge in [0, 0.05) is 40.2 Å². The van der Waals surface area contributed by atoms with E-state index in [1.807, 2.05) is 18.3 Å². The Morgan fingerprint density at radius 2 is 1.73 bits per heavy atom. The molecule has 0 bridgehead atoms. The number of nitrogens with two attached hydrogens (primary N) is 1. The van der Waals surface area contributed by atoms with Crippen LogP contribution in [0.15, 0.2) is 96.7 Å². The van der Waals surface area contributed by atoms with Gasteiger partial charge in [0.05, 0.1) is 11.4 Å². The van der Waals surface area contributed by atoms with Crippen LogP contribution in [0.25, 0.3) is 39.1 Å². The second kappa shape index (κ2) is 8.93. The van der Waals surface area contributed by atoms with E-state index in [-0.39, 0.29) is 17.3 Å². The Balaban J connectivity index is 1.20. The van der Waals surface area contributed by atoms with E-state index in [9.17, 15) is 4.39 Å². The van der Waals surface area contributed by atoms with E-state index in [2.05, 4.69) is 53.5 Å². The highest BCUT2D eigenvalue weighted by Gasteiger charge is 2.49. The van der Waals surface area contributed by atoms with Gasteiger partial charge in [0.15, 0.2) is 11.3 Å². The van der Waals surface area contributed by atoms with Crippen molar-refractivity contribution in [2.45, 2.75) is 43.6 Å². The molecular formula is C34H30FN5. The molecule has 8 rings (SSSR count). The molecule has 40 heavy (non-hydrogen) atoms. The smallest absolute Gasteiger partial charge is 0.164 e. The highest BCUT2D eigenvalue weighted by molar-refractivity contribution is 5.84. The zero-order valence-corrected chi connectivity index (χ0v) is 22.2. The number of fused-ring (bicyclic) bond motifs is 3. The first-order valence-electron chi connectivity index (χ1n) is 14.2. The molecule has 2 saturated carbocycles. The highest BCUT2D eigenvalue weighted by atomic mass is 19.1. The van der Waals surface area contributed by atoms with Crippen molar-refractivity contribution in [3.8, 4) is 22.4 Å². The van der Waals surface area contributed by atoms with E-state index in [0.29, 0.717) is 5.65 Å². The topological polar surface area (TPSA) is 69.1 Å². The van der Waals surface area contributed by atoms with Gasteiger partial charge < -0.3 is 5.73 Å². The number of allylic oxidation sites excluding steroid dienone is 2. The van der Waals surface area contributed by atoms with E-state index < -0.39 is 0 Å². The Morgan fingerprint density at radius 1 is 0.925 bits per heavy atom. The van der Waals surface area contributed by atoms with Gasteiger partial charge >= 0.3 is 0 Å². The summed E-state index contributed by atoms with van der Waals surface area (Å²) in [6.07, 6.45) is 14.6. The summed E-state index contributed by atoms with van der Waals surface area (Å²) in [6, 6.07) is 20.9. The molecule has 0 spiro atoms. The fourth-order valence-electron chi connectivity index (χ4n) is 6.65. The molecule has 1 atom stereocenters. The zero-order valence-electron chi connectivity index (χ0n) is 22.2. The molecule has 0 amide bonds. The van der Waals surface area contributed by atoms with Crippen LogP contribution in [0.2, 0.25) is 0 Å². The maximum Gasteiger partial charge on any atom is 0.164 e. The molecule has 0 radical (unpaired) electrons. The lowest BCUT2D eigenvalue weighted by Gasteiger charge is -2.47. The number of aromatic nitrogens is 4. The van der Waals surface area contributed by atoms with Gasteiger partial charge in [-0.3, -0.25) is 0 Å². The van der Waals surface area contributed by atoms with Crippen molar-refractivity contribution in [3.05, 3.63) is 108 Å². The number of hydrogen-bond donors (Lipinski definition) is 1. The van der Waals surface area contributed by atoms with Gasteiger partial charge in [-0.1, -0.05) is 48.6 Å². The summed E-state index contributed by atoms with van der Waals surface area (Å²) in [7, 11) is 0. The molecule has 1 unspecified atom stereocenters. The quantitative estimate of drug-likeness (QED) is 0.262. The Kier molecular flexibility index (Phi) is 5.29. The first-order valence-corrected chi connectivity index (χ1v) is 14.2. The molecule has 5 nitrogen and oxygen atoms in total. The van der Waals surface area contributed by atoms with Crippen LogP contribution in [-0.2, 0) is 0 Å². The van der Waals surface area contributed by atoms with Crippen LogP contribution < -0.4 is 5.73 Å². The van der Waals surface area contributed by atoms with Crippen LogP contribution in [0.1, 0.15) is 43.7 Å². The molecule has 0 saturated heterocycles. The fraction of sp³-hybridized carbons (Fsp3) is 0.265. The lowest BCUT2D eigenvalue weighted by Crippen LogP contribution is -2.53. The Labute approximate surface area is 232 Å². The summed E-state index contributed by atoms with van der Waals surface area (Å²) in [6.45, 7) is 0. The van der Waals surface area contributed by atoms with Gasteiger partial charge in [-0.05, 0) is 85.4 Å². The molecule has 6 heteroatoms. The third kappa shape index (κ3) is 3.97. The number of nitrogens with zero attached hydrogens (tertiary/aromatic N) is 4. The molecule has 2 aromatic carbocycles. The van der Waals surface area contributed by atoms with Crippen LogP contribution in [0.3, 0.4) is 0 Å². The maximum atomic E-state index is 13.5. The van der Waals surface area contributed by atoms with E-state index in [4.69, 9.17) is 15.8 Å². The Hall–Kier alpha value is -4.16. The molecule has 5 aromatic rings. The molecule has 198 valence electrons. The van der Waals surface area contributed by atoms with E-state index in [1.54, 1.807) is 16.6 Å². The monoisotopic (exact) mass is 527 g/mol. The van der Waals surface area contributed by atoms with E-state index >= 15 is 0 Å². The van der Waals surface area contributed by atoms with Gasteiger partial charge in [0.25, 0.3) is 0 Å². The first kappa shape index (κ1) is 23.7. The third-order valence-corrected chi connectivity index (χ3v) is 9.08. The Bertz CT molecular complexity index is 1810. The minimum Gasteiger partial charge on any atom is -0.321 e. The predicted molar refractivity (Wildman–Crippen MR) is 156 cm³/mol. The summed E-state index contributed by atoms with van der Waals surface area (Å²) in [5, 5.41) is 5.76. The fourth-order valence-corrected chi connectivity index (χ4v) is 6.65. The van der Waals surface area contributed by atoms with Crippen LogP contribution in [0.5, 0.6) is 0 Å². The normalized spacial score (nSPS) is 24.3. The third-order valence-electron chi connectivity index (χ3n) is 9.08. The molecule has 2 N–H and O–H groups in total. The van der Waals surface area contributed by atoms with Crippen LogP contribution in [0, 0.1) is 17.7 Å². The number of rotatable bonds is 5. The Morgan fingerprint density at radius 3 is 2.45 bits per heavy atom. The van der Waals surface area contributed by atoms with Crippen molar-refractivity contribution >= 4 is 16.7 Å². The molecule has 3 aliphatic rings. The average molecular weight is 528 g/mol. The SMILES string of the molecule is NC1(C2=CCC(c3nc4c(cnc5cc(-c6ccc(F)cc6)nn54)cc3-c3ccccc3)C=C2)CC(C2CC2)C1. The van der Waals surface area contributed by atoms with Crippen molar-refractivity contribution in [1.82, 2.24) is 19.6 Å². The minimum absolute atomic E-state index is 0.126. The largest absolute Gasteiger partial charge is 0.321 e. The summed E-state index contributed by atoms with van der Waals surface area (Å²) in [4.78, 5) is 9.95. The van der Waals surface area contributed by atoms with Gasteiger partial charge in [-0.25, -0.2) is 14.4 Å². The first-order chi connectivity index (χ1) is 19.5. The maximum absolute atomic E-state index is 13.5. The number of pyridine rings is 1. The second-order valence-electron chi connectivity index (χ2n) is 11.8. The van der Waals surface area contributed by atoms with Crippen molar-refractivity contribution in [2.24, 2.45) is 17.6 Å². The lowest BCUT2D eigenvalue weighted by molar-refractivity contribution is 0.162. The minimum atomic E-state index is -0.269.